The fourth-order valence-electron chi connectivity index (χ4n) is 11.4. The van der Waals surface area contributed by atoms with Crippen molar-refractivity contribution in [1.82, 2.24) is 25.3 Å². The van der Waals surface area contributed by atoms with Gasteiger partial charge in [0.25, 0.3) is 0 Å². The van der Waals surface area contributed by atoms with Crippen LogP contribution in [-0.2, 0) is 24.0 Å². The van der Waals surface area contributed by atoms with Crippen LogP contribution in [0.4, 0.5) is 0 Å². The van der Waals surface area contributed by atoms with Gasteiger partial charge in [0.2, 0.25) is 11.8 Å². The maximum atomic E-state index is 13.2. The van der Waals surface area contributed by atoms with E-state index in [0.29, 0.717) is 35.5 Å². The molecule has 0 aromatic carbocycles. The van der Waals surface area contributed by atoms with Crippen LogP contribution in [0.5, 0.6) is 0 Å². The molecule has 8 bridgehead atoms. The molecule has 13 heteroatoms. The molecule has 8 aliphatic rings. The summed E-state index contributed by atoms with van der Waals surface area (Å²) < 4.78 is 0. The van der Waals surface area contributed by atoms with E-state index in [9.17, 15) is 39.3 Å². The van der Waals surface area contributed by atoms with Crippen LogP contribution in [0.25, 0.3) is 0 Å². The highest BCUT2D eigenvalue weighted by Gasteiger charge is 2.52. The first-order valence-corrected chi connectivity index (χ1v) is 17.8. The van der Waals surface area contributed by atoms with Crippen LogP contribution in [0.1, 0.15) is 77.0 Å². The molecule has 13 nitrogen and oxygen atoms in total. The summed E-state index contributed by atoms with van der Waals surface area (Å²) in [6.45, 7) is -0.584. The van der Waals surface area contributed by atoms with Gasteiger partial charge < -0.3 is 26.0 Å². The molecule has 8 fully saturated rings. The summed E-state index contributed by atoms with van der Waals surface area (Å²) in [5, 5.41) is 35.3. The smallest absolute Gasteiger partial charge is 0.317 e. The number of carboxylic acid groups (broad SMARTS) is 3. The fraction of sp³-hybridized carbons (Fsp3) is 0.853. The maximum Gasteiger partial charge on any atom is 0.317 e. The molecule has 0 saturated heterocycles. The van der Waals surface area contributed by atoms with Crippen LogP contribution < -0.4 is 10.6 Å². The van der Waals surface area contributed by atoms with E-state index in [1.54, 1.807) is 4.90 Å². The summed E-state index contributed by atoms with van der Waals surface area (Å²) in [6, 6.07) is 0. The Balaban J connectivity index is 1.01. The van der Waals surface area contributed by atoms with Crippen molar-refractivity contribution in [1.29, 1.82) is 0 Å². The van der Waals surface area contributed by atoms with E-state index in [-0.39, 0.29) is 81.8 Å². The highest BCUT2D eigenvalue weighted by atomic mass is 16.4. The van der Waals surface area contributed by atoms with Crippen LogP contribution in [0, 0.1) is 35.5 Å². The van der Waals surface area contributed by atoms with Crippen molar-refractivity contribution in [3.63, 3.8) is 0 Å². The van der Waals surface area contributed by atoms with Gasteiger partial charge in [0.15, 0.2) is 0 Å². The average molecular weight is 660 g/mol. The van der Waals surface area contributed by atoms with Gasteiger partial charge in [0.05, 0.1) is 32.7 Å². The first-order valence-electron chi connectivity index (χ1n) is 17.8. The summed E-state index contributed by atoms with van der Waals surface area (Å²) >= 11 is 0. The lowest BCUT2D eigenvalue weighted by atomic mass is 9.53. The van der Waals surface area contributed by atoms with Crippen molar-refractivity contribution in [3.05, 3.63) is 0 Å². The molecule has 0 heterocycles. The van der Waals surface area contributed by atoms with E-state index < -0.39 is 17.9 Å². The molecule has 0 radical (unpaired) electrons. The molecule has 47 heavy (non-hydrogen) atoms. The first kappa shape index (κ1) is 34.1. The van der Waals surface area contributed by atoms with Gasteiger partial charge in [-0.1, -0.05) is 0 Å². The molecule has 8 aliphatic carbocycles. The Morgan fingerprint density at radius 1 is 0.447 bits per heavy atom. The van der Waals surface area contributed by atoms with Gasteiger partial charge in [0.1, 0.15) is 0 Å². The molecule has 0 aromatic rings. The zero-order chi connectivity index (χ0) is 33.3. The van der Waals surface area contributed by atoms with Crippen molar-refractivity contribution in [3.8, 4) is 0 Å². The third-order valence-electron chi connectivity index (χ3n) is 12.2. The molecule has 8 rings (SSSR count). The SMILES string of the molecule is O=C(O)CN(CCN(CC(=O)O)CC(=O)NC12CC3CC(CC(C3)C1)C2)CCN(CC(=O)O)CC(=O)NC12CC3CC(CC(C3)C1)C2. The Morgan fingerprint density at radius 3 is 0.979 bits per heavy atom. The van der Waals surface area contributed by atoms with Gasteiger partial charge in [-0.05, 0) is 113 Å². The van der Waals surface area contributed by atoms with E-state index in [1.165, 1.54) is 48.3 Å². The Hall–Kier alpha value is -2.77. The number of aliphatic carboxylic acids is 3. The quantitative estimate of drug-likeness (QED) is 0.143. The molecule has 2 amide bonds. The van der Waals surface area contributed by atoms with Crippen molar-refractivity contribution in [2.24, 2.45) is 35.5 Å². The van der Waals surface area contributed by atoms with Crippen LogP contribution in [-0.4, -0.2) is 130 Å². The zero-order valence-electron chi connectivity index (χ0n) is 27.5. The predicted octanol–water partition coefficient (Wildman–Crippen LogP) is 1.32. The lowest BCUT2D eigenvalue weighted by molar-refractivity contribution is -0.141. The number of carbonyl (C=O) groups is 5. The molecule has 0 atom stereocenters. The third-order valence-corrected chi connectivity index (χ3v) is 12.2. The summed E-state index contributed by atoms with van der Waals surface area (Å²) in [4.78, 5) is 66.3. The number of carbonyl (C=O) groups excluding carboxylic acids is 2. The second kappa shape index (κ2) is 14.0. The Kier molecular flexibility index (Phi) is 10.2. The molecular weight excluding hydrogens is 606 g/mol. The Bertz CT molecular complexity index is 1070. The maximum absolute atomic E-state index is 13.2. The first-order chi connectivity index (χ1) is 22.3. The van der Waals surface area contributed by atoms with Crippen LogP contribution >= 0.6 is 0 Å². The topological polar surface area (TPSA) is 180 Å². The van der Waals surface area contributed by atoms with Gasteiger partial charge >= 0.3 is 17.9 Å². The monoisotopic (exact) mass is 659 g/mol. The molecule has 0 spiro atoms. The van der Waals surface area contributed by atoms with E-state index in [0.717, 1.165) is 38.5 Å². The van der Waals surface area contributed by atoms with Crippen LogP contribution in [0.3, 0.4) is 0 Å². The molecule has 262 valence electrons. The van der Waals surface area contributed by atoms with Crippen molar-refractivity contribution in [2.45, 2.75) is 88.1 Å². The number of hydrogen-bond acceptors (Lipinski definition) is 8. The average Bonchev–Trinajstić information content (AvgIpc) is 2.91. The summed E-state index contributed by atoms with van der Waals surface area (Å²) in [5.74, 6) is 0.330. The van der Waals surface area contributed by atoms with Crippen LogP contribution in [0.2, 0.25) is 0 Å². The minimum absolute atomic E-state index is 0.0927. The minimum Gasteiger partial charge on any atom is -0.480 e. The standard InChI is InChI=1S/C34H53N5O8/c40-28(35-33-11-22-5-23(12-33)7-24(6-22)13-33)17-38(20-31(44)45)3-1-37(19-30(42)43)2-4-39(21-32(46)47)18-29(41)36-34-14-25-8-26(15-34)10-27(9-25)16-34/h22-27H,1-21H2,(H,35,40)(H,36,41)(H,42,43)(H,44,45)(H,46,47). The summed E-state index contributed by atoms with van der Waals surface area (Å²) in [5.41, 5.74) is -0.378. The highest BCUT2D eigenvalue weighted by Crippen LogP contribution is 2.56. The van der Waals surface area contributed by atoms with Gasteiger partial charge in [-0.15, -0.1) is 0 Å². The fourth-order valence-corrected chi connectivity index (χ4v) is 11.4. The third kappa shape index (κ3) is 8.83. The number of carboxylic acids is 3. The zero-order valence-corrected chi connectivity index (χ0v) is 27.5. The predicted molar refractivity (Wildman–Crippen MR) is 170 cm³/mol. The summed E-state index contributed by atoms with van der Waals surface area (Å²) in [6.07, 6.45) is 13.4. The molecule has 0 aliphatic heterocycles. The number of nitrogens with zero attached hydrogens (tertiary/aromatic N) is 3. The molecule has 5 N–H and O–H groups in total. The number of hydrogen-bond donors (Lipinski definition) is 5. The van der Waals surface area contributed by atoms with Gasteiger partial charge in [-0.2, -0.15) is 0 Å². The largest absolute Gasteiger partial charge is 0.480 e. The van der Waals surface area contributed by atoms with E-state index >= 15 is 0 Å². The van der Waals surface area contributed by atoms with Gasteiger partial charge in [0, 0.05) is 37.3 Å². The minimum atomic E-state index is -1.07. The number of rotatable bonds is 18. The molecule has 0 unspecified atom stereocenters. The van der Waals surface area contributed by atoms with Gasteiger partial charge in [-0.25, -0.2) is 0 Å². The van der Waals surface area contributed by atoms with Crippen molar-refractivity contribution >= 4 is 29.7 Å². The van der Waals surface area contributed by atoms with E-state index in [1.807, 2.05) is 0 Å². The van der Waals surface area contributed by atoms with Crippen molar-refractivity contribution in [2.75, 3.05) is 58.9 Å². The number of amides is 2. The molecule has 8 saturated carbocycles. The summed E-state index contributed by atoms with van der Waals surface area (Å²) in [7, 11) is 0. The van der Waals surface area contributed by atoms with Gasteiger partial charge in [-0.3, -0.25) is 38.7 Å². The highest BCUT2D eigenvalue weighted by molar-refractivity contribution is 5.80. The molecule has 0 aromatic heterocycles. The molecular formula is C34H53N5O8. The Labute approximate surface area is 276 Å². The number of nitrogens with one attached hydrogen (secondary N) is 2. The van der Waals surface area contributed by atoms with E-state index in [4.69, 9.17) is 0 Å². The second-order valence-electron chi connectivity index (χ2n) is 16.4. The van der Waals surface area contributed by atoms with E-state index in [2.05, 4.69) is 10.6 Å². The normalized spacial score (nSPS) is 34.7. The van der Waals surface area contributed by atoms with Crippen LogP contribution in [0.15, 0.2) is 0 Å². The van der Waals surface area contributed by atoms with Crippen molar-refractivity contribution < 1.29 is 39.3 Å². The lowest BCUT2D eigenvalue weighted by Crippen LogP contribution is -2.61. The second-order valence-corrected chi connectivity index (χ2v) is 16.4. The Morgan fingerprint density at radius 2 is 0.702 bits per heavy atom. The lowest BCUT2D eigenvalue weighted by Gasteiger charge is -2.57.